The first-order valence-corrected chi connectivity index (χ1v) is 6.20. The van der Waals surface area contributed by atoms with E-state index in [1.165, 1.54) is 6.26 Å². The molecule has 1 rings (SSSR count). The maximum absolute atomic E-state index is 11.0. The van der Waals surface area contributed by atoms with Gasteiger partial charge in [-0.05, 0) is 6.42 Å². The normalized spacial score (nSPS) is 36.3. The molecule has 0 spiro atoms. The number of rotatable bonds is 2. The van der Waals surface area contributed by atoms with Crippen LogP contribution in [0.4, 0.5) is 0 Å². The van der Waals surface area contributed by atoms with E-state index in [0.29, 0.717) is 11.8 Å². The van der Waals surface area contributed by atoms with Crippen LogP contribution in [0.2, 0.25) is 0 Å². The Morgan fingerprint density at radius 2 is 2.36 bits per heavy atom. The molecule has 0 bridgehead atoms. The quantitative estimate of drug-likeness (QED) is 0.665. The number of hydrogen-bond acceptors (Lipinski definition) is 3. The molecule has 0 aromatic rings. The lowest BCUT2D eigenvalue weighted by Gasteiger charge is -1.99. The predicted molar refractivity (Wildman–Crippen MR) is 45.1 cm³/mol. The van der Waals surface area contributed by atoms with Crippen LogP contribution < -0.4 is 0 Å². The Morgan fingerprint density at radius 3 is 2.45 bits per heavy atom. The van der Waals surface area contributed by atoms with Crippen LogP contribution in [0.3, 0.4) is 0 Å². The summed E-state index contributed by atoms with van der Waals surface area (Å²) in [6, 6.07) is 2.03. The molecule has 5 heteroatoms. The van der Waals surface area contributed by atoms with Gasteiger partial charge in [0.15, 0.2) is 9.84 Å². The molecule has 0 radical (unpaired) electrons. The molecule has 2 unspecified atom stereocenters. The topological polar surface area (TPSA) is 57.9 Å². The summed E-state index contributed by atoms with van der Waals surface area (Å²) in [6.45, 7) is 0. The van der Waals surface area contributed by atoms with Gasteiger partial charge in [-0.1, -0.05) is 15.9 Å². The fraction of sp³-hybridized carbons (Fsp3) is 0.833. The molecule has 62 valence electrons. The number of nitrogens with zero attached hydrogens (tertiary/aromatic N) is 1. The smallest absolute Gasteiger partial charge is 0.151 e. The molecule has 3 nitrogen and oxygen atoms in total. The van der Waals surface area contributed by atoms with E-state index in [4.69, 9.17) is 5.26 Å². The van der Waals surface area contributed by atoms with E-state index in [1.54, 1.807) is 0 Å². The zero-order chi connectivity index (χ0) is 8.70. The second-order valence-electron chi connectivity index (χ2n) is 2.92. The Bertz CT molecular complexity index is 305. The van der Waals surface area contributed by atoms with E-state index < -0.39 is 20.5 Å². The first-order valence-electron chi connectivity index (χ1n) is 3.12. The highest BCUT2D eigenvalue weighted by Gasteiger charge is 2.59. The van der Waals surface area contributed by atoms with E-state index in [2.05, 4.69) is 15.9 Å². The Kier molecular flexibility index (Phi) is 2.01. The molecular weight excluding hydrogens is 230 g/mol. The highest BCUT2D eigenvalue weighted by Crippen LogP contribution is 2.51. The summed E-state index contributed by atoms with van der Waals surface area (Å²) in [7, 11) is -3.01. The molecule has 0 saturated heterocycles. The maximum atomic E-state index is 11.0. The highest BCUT2D eigenvalue weighted by molar-refractivity contribution is 9.09. The molecule has 0 N–H and O–H groups in total. The standard InChI is InChI=1S/C6H8BrNO2S/c1-11(9,10)5-2-6(5,3-7)4-8/h5H,2-3H2,1H3. The third-order valence-electron chi connectivity index (χ3n) is 1.98. The highest BCUT2D eigenvalue weighted by atomic mass is 79.9. The number of hydrogen-bond donors (Lipinski definition) is 0. The zero-order valence-electron chi connectivity index (χ0n) is 6.04. The Balaban J connectivity index is 2.84. The third kappa shape index (κ3) is 1.42. The van der Waals surface area contributed by atoms with Crippen LogP contribution in [0, 0.1) is 16.7 Å². The summed E-state index contributed by atoms with van der Waals surface area (Å²) < 4.78 is 21.9. The number of sulfone groups is 1. The van der Waals surface area contributed by atoms with Gasteiger partial charge in [-0.3, -0.25) is 0 Å². The molecule has 1 aliphatic rings. The second-order valence-corrected chi connectivity index (χ2v) is 5.71. The average molecular weight is 238 g/mol. The van der Waals surface area contributed by atoms with E-state index >= 15 is 0 Å². The molecule has 0 aliphatic heterocycles. The first kappa shape index (κ1) is 9.01. The van der Waals surface area contributed by atoms with Gasteiger partial charge in [0.2, 0.25) is 0 Å². The number of nitriles is 1. The van der Waals surface area contributed by atoms with Crippen LogP contribution >= 0.6 is 15.9 Å². The molecule has 1 aliphatic carbocycles. The van der Waals surface area contributed by atoms with Gasteiger partial charge >= 0.3 is 0 Å². The van der Waals surface area contributed by atoms with Gasteiger partial charge in [0, 0.05) is 11.6 Å². The van der Waals surface area contributed by atoms with E-state index in [1.807, 2.05) is 6.07 Å². The van der Waals surface area contributed by atoms with Crippen molar-refractivity contribution >= 4 is 25.8 Å². The fourth-order valence-electron chi connectivity index (χ4n) is 1.12. The van der Waals surface area contributed by atoms with E-state index in [0.717, 1.165) is 0 Å². The van der Waals surface area contributed by atoms with Crippen molar-refractivity contribution < 1.29 is 8.42 Å². The van der Waals surface area contributed by atoms with Crippen LogP contribution in [-0.2, 0) is 9.84 Å². The van der Waals surface area contributed by atoms with E-state index in [-0.39, 0.29) is 0 Å². The lowest BCUT2D eigenvalue weighted by molar-refractivity contribution is 0.595. The first-order chi connectivity index (χ1) is 4.96. The number of alkyl halides is 1. The fourth-order valence-corrected chi connectivity index (χ4v) is 3.64. The van der Waals surface area contributed by atoms with Gasteiger partial charge in [-0.2, -0.15) is 5.26 Å². The van der Waals surface area contributed by atoms with Gasteiger partial charge in [0.1, 0.15) is 0 Å². The van der Waals surface area contributed by atoms with E-state index in [9.17, 15) is 8.42 Å². The molecule has 0 amide bonds. The summed E-state index contributed by atoms with van der Waals surface area (Å²) >= 11 is 3.14. The zero-order valence-corrected chi connectivity index (χ0v) is 8.44. The summed E-state index contributed by atoms with van der Waals surface area (Å²) in [5.74, 6) is 0. The van der Waals surface area contributed by atoms with Crippen molar-refractivity contribution in [3.63, 3.8) is 0 Å². The van der Waals surface area contributed by atoms with Gasteiger partial charge in [0.05, 0.1) is 16.7 Å². The van der Waals surface area contributed by atoms with Gasteiger partial charge in [-0.25, -0.2) is 8.42 Å². The third-order valence-corrected chi connectivity index (χ3v) is 4.64. The van der Waals surface area contributed by atoms with Crippen molar-refractivity contribution in [2.75, 3.05) is 11.6 Å². The minimum absolute atomic E-state index is 0.445. The molecule has 0 aromatic carbocycles. The molecule has 2 atom stereocenters. The Morgan fingerprint density at radius 1 is 1.82 bits per heavy atom. The van der Waals surface area contributed by atoms with Crippen LogP contribution in [0.25, 0.3) is 0 Å². The van der Waals surface area contributed by atoms with Crippen LogP contribution in [0.15, 0.2) is 0 Å². The molecule has 1 saturated carbocycles. The molecule has 11 heavy (non-hydrogen) atoms. The Labute approximate surface area is 74.4 Å². The van der Waals surface area contributed by atoms with Crippen molar-refractivity contribution in [3.05, 3.63) is 0 Å². The van der Waals surface area contributed by atoms with Crippen molar-refractivity contribution in [2.45, 2.75) is 11.7 Å². The van der Waals surface area contributed by atoms with Crippen molar-refractivity contribution in [2.24, 2.45) is 5.41 Å². The molecular formula is C6H8BrNO2S. The second kappa shape index (κ2) is 2.46. The lowest BCUT2D eigenvalue weighted by Crippen LogP contribution is -2.14. The van der Waals surface area contributed by atoms with Gasteiger partial charge in [-0.15, -0.1) is 0 Å². The van der Waals surface area contributed by atoms with Gasteiger partial charge < -0.3 is 0 Å². The minimum atomic E-state index is -3.01. The lowest BCUT2D eigenvalue weighted by atomic mass is 10.2. The van der Waals surface area contributed by atoms with Crippen LogP contribution in [0.5, 0.6) is 0 Å². The monoisotopic (exact) mass is 237 g/mol. The average Bonchev–Trinajstić information content (AvgIpc) is 2.61. The maximum Gasteiger partial charge on any atom is 0.151 e. The van der Waals surface area contributed by atoms with Crippen LogP contribution in [-0.4, -0.2) is 25.3 Å². The van der Waals surface area contributed by atoms with Gasteiger partial charge in [0.25, 0.3) is 0 Å². The molecule has 0 heterocycles. The van der Waals surface area contributed by atoms with Crippen molar-refractivity contribution in [1.82, 2.24) is 0 Å². The summed E-state index contributed by atoms with van der Waals surface area (Å²) in [5.41, 5.74) is -0.631. The summed E-state index contributed by atoms with van der Waals surface area (Å²) in [6.07, 6.45) is 1.66. The minimum Gasteiger partial charge on any atom is -0.229 e. The SMILES string of the molecule is CS(=O)(=O)C1CC1(C#N)CBr. The molecule has 1 fully saturated rings. The summed E-state index contributed by atoms with van der Waals surface area (Å²) in [5, 5.41) is 8.65. The Hall–Kier alpha value is -0.0800. The van der Waals surface area contributed by atoms with Crippen molar-refractivity contribution in [1.29, 1.82) is 5.26 Å². The molecule has 0 aromatic heterocycles. The summed E-state index contributed by atoms with van der Waals surface area (Å²) in [4.78, 5) is 0. The van der Waals surface area contributed by atoms with Crippen LogP contribution in [0.1, 0.15) is 6.42 Å². The predicted octanol–water partition coefficient (Wildman–Crippen LogP) is 0.708. The number of halogens is 1. The van der Waals surface area contributed by atoms with Crippen molar-refractivity contribution in [3.8, 4) is 6.07 Å². The largest absolute Gasteiger partial charge is 0.229 e.